The third-order valence-electron chi connectivity index (χ3n) is 4.09. The van der Waals surface area contributed by atoms with Crippen molar-refractivity contribution >= 4 is 17.7 Å². The average molecular weight is 361 g/mol. The number of hydrogen-bond donors (Lipinski definition) is 1. The van der Waals surface area contributed by atoms with Crippen LogP contribution < -0.4 is 5.32 Å². The lowest BCUT2D eigenvalue weighted by molar-refractivity contribution is -0.118. The van der Waals surface area contributed by atoms with Crippen LogP contribution in [0.25, 0.3) is 0 Å². The van der Waals surface area contributed by atoms with Crippen LogP contribution in [0.3, 0.4) is 0 Å². The zero-order valence-electron chi connectivity index (χ0n) is 14.3. The van der Waals surface area contributed by atoms with E-state index in [0.29, 0.717) is 25.5 Å². The van der Waals surface area contributed by atoms with Crippen molar-refractivity contribution in [3.05, 3.63) is 48.2 Å². The Bertz CT molecular complexity index is 671. The van der Waals surface area contributed by atoms with Crippen LogP contribution in [-0.4, -0.2) is 54.4 Å². The number of thioether (sulfide) groups is 1. The summed E-state index contributed by atoms with van der Waals surface area (Å²) in [6.07, 6.45) is 3.46. The maximum absolute atomic E-state index is 12.2. The van der Waals surface area contributed by atoms with E-state index in [4.69, 9.17) is 9.15 Å². The minimum Gasteiger partial charge on any atom is -0.465 e. The first-order valence-electron chi connectivity index (χ1n) is 8.40. The van der Waals surface area contributed by atoms with Gasteiger partial charge in [-0.3, -0.25) is 14.7 Å². The third-order valence-corrected chi connectivity index (χ3v) is 5.10. The molecule has 2 aromatic heterocycles. The number of pyridine rings is 1. The number of carbonyl (C=O) groups excluding carboxylic acids is 1. The number of aromatic nitrogens is 1. The summed E-state index contributed by atoms with van der Waals surface area (Å²) in [6.45, 7) is 5.56. The Kier molecular flexibility index (Phi) is 6.49. The predicted octanol–water partition coefficient (Wildman–Crippen LogP) is 2.26. The summed E-state index contributed by atoms with van der Waals surface area (Å²) in [5.74, 6) is 2.18. The van der Waals surface area contributed by atoms with Crippen molar-refractivity contribution in [1.82, 2.24) is 15.2 Å². The second-order valence-corrected chi connectivity index (χ2v) is 6.94. The van der Waals surface area contributed by atoms with E-state index in [0.717, 1.165) is 29.5 Å². The molecule has 1 atom stereocenters. The normalized spacial score (nSPS) is 16.5. The minimum absolute atomic E-state index is 0.0170. The number of rotatable bonds is 7. The van der Waals surface area contributed by atoms with Gasteiger partial charge in [-0.05, 0) is 31.2 Å². The van der Waals surface area contributed by atoms with Gasteiger partial charge in [-0.25, -0.2) is 0 Å². The molecule has 3 rings (SSSR count). The molecule has 1 saturated heterocycles. The number of nitrogens with zero attached hydrogens (tertiary/aromatic N) is 2. The monoisotopic (exact) mass is 361 g/mol. The van der Waals surface area contributed by atoms with Gasteiger partial charge in [-0.2, -0.15) is 0 Å². The third kappa shape index (κ3) is 5.32. The van der Waals surface area contributed by atoms with Gasteiger partial charge in [0.25, 0.3) is 0 Å². The molecule has 1 aliphatic rings. The van der Waals surface area contributed by atoms with Gasteiger partial charge in [0.05, 0.1) is 25.0 Å². The van der Waals surface area contributed by atoms with Crippen molar-refractivity contribution in [3.8, 4) is 0 Å². The fourth-order valence-electron chi connectivity index (χ4n) is 2.78. The largest absolute Gasteiger partial charge is 0.465 e. The molecule has 0 aromatic carbocycles. The minimum atomic E-state index is 0.0170. The van der Waals surface area contributed by atoms with Crippen LogP contribution in [-0.2, 0) is 9.53 Å². The Morgan fingerprint density at radius 2 is 2.04 bits per heavy atom. The Morgan fingerprint density at radius 1 is 1.28 bits per heavy atom. The molecule has 6 nitrogen and oxygen atoms in total. The van der Waals surface area contributed by atoms with E-state index in [-0.39, 0.29) is 11.9 Å². The second-order valence-electron chi connectivity index (χ2n) is 5.89. The molecule has 134 valence electrons. The van der Waals surface area contributed by atoms with E-state index >= 15 is 0 Å². The summed E-state index contributed by atoms with van der Waals surface area (Å²) in [5.41, 5.74) is 0. The Labute approximate surface area is 151 Å². The van der Waals surface area contributed by atoms with Gasteiger partial charge in [0.2, 0.25) is 5.91 Å². The number of furan rings is 1. The smallest absolute Gasteiger partial charge is 0.230 e. The van der Waals surface area contributed by atoms with Gasteiger partial charge in [0.15, 0.2) is 0 Å². The summed E-state index contributed by atoms with van der Waals surface area (Å²) in [6, 6.07) is 7.80. The average Bonchev–Trinajstić information content (AvgIpc) is 3.08. The van der Waals surface area contributed by atoms with Gasteiger partial charge in [0, 0.05) is 36.9 Å². The number of nitrogens with one attached hydrogen (secondary N) is 1. The fourth-order valence-corrected chi connectivity index (χ4v) is 3.49. The Morgan fingerprint density at radius 3 is 2.72 bits per heavy atom. The number of carbonyl (C=O) groups is 1. The quantitative estimate of drug-likeness (QED) is 0.763. The summed E-state index contributed by atoms with van der Waals surface area (Å²) in [5, 5.41) is 3.04. The number of amides is 1. The molecule has 0 spiro atoms. The van der Waals surface area contributed by atoms with Gasteiger partial charge < -0.3 is 14.5 Å². The number of ether oxygens (including phenoxy) is 1. The van der Waals surface area contributed by atoms with Crippen LogP contribution >= 0.6 is 11.8 Å². The summed E-state index contributed by atoms with van der Waals surface area (Å²) in [7, 11) is 0. The van der Waals surface area contributed by atoms with Crippen LogP contribution in [0.5, 0.6) is 0 Å². The highest BCUT2D eigenvalue weighted by Crippen LogP contribution is 2.23. The van der Waals surface area contributed by atoms with E-state index in [1.807, 2.05) is 31.2 Å². The van der Waals surface area contributed by atoms with Gasteiger partial charge in [-0.15, -0.1) is 11.8 Å². The number of hydrogen-bond acceptors (Lipinski definition) is 6. The first kappa shape index (κ1) is 18.0. The van der Waals surface area contributed by atoms with E-state index < -0.39 is 0 Å². The zero-order chi connectivity index (χ0) is 17.5. The van der Waals surface area contributed by atoms with Crippen molar-refractivity contribution in [2.75, 3.05) is 38.6 Å². The second kappa shape index (κ2) is 9.03. The SMILES string of the molecule is Cc1ccc([C@H](CNC(=O)CSc2ccncc2)N2CCOCC2)o1. The van der Waals surface area contributed by atoms with Crippen molar-refractivity contribution in [3.63, 3.8) is 0 Å². The highest BCUT2D eigenvalue weighted by Gasteiger charge is 2.25. The summed E-state index contributed by atoms with van der Waals surface area (Å²) < 4.78 is 11.3. The molecule has 0 unspecified atom stereocenters. The van der Waals surface area contributed by atoms with Gasteiger partial charge in [0.1, 0.15) is 11.5 Å². The maximum atomic E-state index is 12.2. The number of morpholine rings is 1. The lowest BCUT2D eigenvalue weighted by atomic mass is 10.1. The molecule has 3 heterocycles. The summed E-state index contributed by atoms with van der Waals surface area (Å²) in [4.78, 5) is 19.5. The maximum Gasteiger partial charge on any atom is 0.230 e. The highest BCUT2D eigenvalue weighted by atomic mass is 32.2. The molecule has 0 aliphatic carbocycles. The summed E-state index contributed by atoms with van der Waals surface area (Å²) >= 11 is 1.51. The topological polar surface area (TPSA) is 67.6 Å². The molecule has 1 fully saturated rings. The molecular weight excluding hydrogens is 338 g/mol. The lowest BCUT2D eigenvalue weighted by Gasteiger charge is -2.33. The molecule has 25 heavy (non-hydrogen) atoms. The van der Waals surface area contributed by atoms with E-state index in [1.54, 1.807) is 12.4 Å². The van der Waals surface area contributed by atoms with E-state index in [9.17, 15) is 4.79 Å². The van der Waals surface area contributed by atoms with Crippen molar-refractivity contribution in [1.29, 1.82) is 0 Å². The zero-order valence-corrected chi connectivity index (χ0v) is 15.1. The fraction of sp³-hybridized carbons (Fsp3) is 0.444. The Hall–Kier alpha value is -1.83. The first-order chi connectivity index (χ1) is 12.2. The molecule has 1 amide bonds. The molecule has 0 bridgehead atoms. The molecule has 2 aromatic rings. The van der Waals surface area contributed by atoms with Crippen molar-refractivity contribution < 1.29 is 13.9 Å². The van der Waals surface area contributed by atoms with E-state index in [1.165, 1.54) is 11.8 Å². The Balaban J connectivity index is 1.55. The highest BCUT2D eigenvalue weighted by molar-refractivity contribution is 8.00. The molecule has 1 N–H and O–H groups in total. The van der Waals surface area contributed by atoms with Crippen LogP contribution in [0.1, 0.15) is 17.6 Å². The molecule has 7 heteroatoms. The van der Waals surface area contributed by atoms with Crippen LogP contribution in [0, 0.1) is 6.92 Å². The molecule has 1 aliphatic heterocycles. The van der Waals surface area contributed by atoms with Gasteiger partial charge in [-0.1, -0.05) is 0 Å². The van der Waals surface area contributed by atoms with E-state index in [2.05, 4.69) is 15.2 Å². The number of aryl methyl sites for hydroxylation is 1. The molecular formula is C18H23N3O3S. The lowest BCUT2D eigenvalue weighted by Crippen LogP contribution is -2.44. The standard InChI is InChI=1S/C18H23N3O3S/c1-14-2-3-17(24-14)16(21-8-10-23-11-9-21)12-20-18(22)13-25-15-4-6-19-7-5-15/h2-7,16H,8-13H2,1H3,(H,20,22)/t16-/m0/s1. The first-order valence-corrected chi connectivity index (χ1v) is 9.38. The molecule has 0 saturated carbocycles. The molecule has 0 radical (unpaired) electrons. The van der Waals surface area contributed by atoms with Gasteiger partial charge >= 0.3 is 0 Å². The van der Waals surface area contributed by atoms with Crippen LogP contribution in [0.4, 0.5) is 0 Å². The van der Waals surface area contributed by atoms with Crippen molar-refractivity contribution in [2.24, 2.45) is 0 Å². The van der Waals surface area contributed by atoms with Crippen LogP contribution in [0.2, 0.25) is 0 Å². The van der Waals surface area contributed by atoms with Crippen molar-refractivity contribution in [2.45, 2.75) is 17.9 Å². The predicted molar refractivity (Wildman–Crippen MR) is 96.5 cm³/mol. The van der Waals surface area contributed by atoms with Crippen LogP contribution in [0.15, 0.2) is 46.0 Å².